The quantitative estimate of drug-likeness (QED) is 0.190. The molecule has 1 saturated heterocycles. The highest BCUT2D eigenvalue weighted by Gasteiger charge is 2.30. The summed E-state index contributed by atoms with van der Waals surface area (Å²) in [5.41, 5.74) is 6.31. The number of rotatable bonds is 17. The fraction of sp³-hybridized carbons (Fsp3) is 0.556. The number of hydrogen-bond acceptors (Lipinski definition) is 9. The molecule has 2 heterocycles. The summed E-state index contributed by atoms with van der Waals surface area (Å²) in [6, 6.07) is 5.81. The number of ether oxygens (including phenoxy) is 4. The number of amides is 3. The molecule has 0 radical (unpaired) electrons. The van der Waals surface area contributed by atoms with Gasteiger partial charge in [-0.1, -0.05) is 0 Å². The minimum atomic E-state index is -0.800. The first-order valence-electron chi connectivity index (χ1n) is 13.2. The lowest BCUT2D eigenvalue weighted by Crippen LogP contribution is -2.44. The van der Waals surface area contributed by atoms with Crippen LogP contribution in [-0.2, 0) is 28.6 Å². The normalized spacial score (nSPS) is 15.4. The van der Waals surface area contributed by atoms with E-state index in [1.807, 2.05) is 6.92 Å². The molecule has 3 rings (SSSR count). The van der Waals surface area contributed by atoms with Crippen LogP contribution in [0.1, 0.15) is 37.3 Å². The van der Waals surface area contributed by atoms with Crippen LogP contribution in [0.25, 0.3) is 10.9 Å². The number of aromatic nitrogens is 1. The number of fused-ring (bicyclic) bond motifs is 1. The molecule has 1 fully saturated rings. The fourth-order valence-corrected chi connectivity index (χ4v) is 4.16. The fourth-order valence-electron chi connectivity index (χ4n) is 4.16. The van der Waals surface area contributed by atoms with Crippen LogP contribution in [0.15, 0.2) is 29.1 Å². The number of nitrogens with zero attached hydrogens (tertiary/aromatic N) is 1. The van der Waals surface area contributed by atoms with E-state index in [-0.39, 0.29) is 36.8 Å². The molecule has 12 heteroatoms. The molecule has 214 valence electrons. The zero-order valence-electron chi connectivity index (χ0n) is 22.4. The van der Waals surface area contributed by atoms with Gasteiger partial charge in [0.1, 0.15) is 11.8 Å². The maximum Gasteiger partial charge on any atom is 0.257 e. The Morgan fingerprint density at radius 1 is 1.03 bits per heavy atom. The Bertz CT molecular complexity index is 1180. The summed E-state index contributed by atoms with van der Waals surface area (Å²) < 4.78 is 23.3. The molecule has 12 nitrogen and oxygen atoms in total. The number of hydrogen-bond donors (Lipinski definition) is 3. The van der Waals surface area contributed by atoms with Gasteiger partial charge < -0.3 is 30.0 Å². The highest BCUT2D eigenvalue weighted by molar-refractivity contribution is 6.00. The van der Waals surface area contributed by atoms with Crippen molar-refractivity contribution < 1.29 is 33.3 Å². The van der Waals surface area contributed by atoms with Crippen LogP contribution < -0.4 is 26.7 Å². The molecule has 0 bridgehead atoms. The van der Waals surface area contributed by atoms with E-state index in [9.17, 15) is 19.2 Å². The molecule has 2 aromatic rings. The van der Waals surface area contributed by atoms with Gasteiger partial charge in [0, 0.05) is 43.7 Å². The Hall–Kier alpha value is -3.32. The van der Waals surface area contributed by atoms with Crippen LogP contribution in [0.3, 0.4) is 0 Å². The monoisotopic (exact) mass is 546 g/mol. The minimum Gasteiger partial charge on any atom is -0.484 e. The van der Waals surface area contributed by atoms with E-state index in [0.29, 0.717) is 70.4 Å². The second-order valence-electron chi connectivity index (χ2n) is 9.15. The number of aryl methyl sites for hydroxylation is 1. The Morgan fingerprint density at radius 2 is 1.72 bits per heavy atom. The van der Waals surface area contributed by atoms with E-state index in [0.717, 1.165) is 17.4 Å². The van der Waals surface area contributed by atoms with E-state index in [1.165, 1.54) is 10.6 Å². The van der Waals surface area contributed by atoms with Crippen molar-refractivity contribution in [2.45, 2.75) is 38.6 Å². The molecular formula is C27H38N4O8. The number of carbonyl (C=O) groups excluding carboxylic acids is 3. The Labute approximate surface area is 227 Å². The first kappa shape index (κ1) is 30.2. The number of pyridine rings is 1. The largest absolute Gasteiger partial charge is 0.484 e. The summed E-state index contributed by atoms with van der Waals surface area (Å²) in [6.07, 6.45) is 1.86. The smallest absolute Gasteiger partial charge is 0.257 e. The van der Waals surface area contributed by atoms with E-state index >= 15 is 0 Å². The molecule has 0 spiro atoms. The maximum absolute atomic E-state index is 12.8. The number of benzene rings is 1. The van der Waals surface area contributed by atoms with Gasteiger partial charge in [0.2, 0.25) is 11.8 Å². The van der Waals surface area contributed by atoms with Crippen LogP contribution in [0.2, 0.25) is 0 Å². The third kappa shape index (κ3) is 9.43. The number of carbonyl (C=O) groups is 3. The van der Waals surface area contributed by atoms with Crippen molar-refractivity contribution in [1.29, 1.82) is 0 Å². The lowest BCUT2D eigenvalue weighted by atomic mass is 10.0. The Kier molecular flexibility index (Phi) is 12.4. The van der Waals surface area contributed by atoms with Crippen molar-refractivity contribution in [1.82, 2.24) is 15.2 Å². The molecule has 4 N–H and O–H groups in total. The third-order valence-corrected chi connectivity index (χ3v) is 6.15. The maximum atomic E-state index is 12.8. The molecule has 39 heavy (non-hydrogen) atoms. The van der Waals surface area contributed by atoms with Crippen LogP contribution in [0.4, 0.5) is 0 Å². The summed E-state index contributed by atoms with van der Waals surface area (Å²) in [7, 11) is 0. The summed E-state index contributed by atoms with van der Waals surface area (Å²) in [5, 5.41) is 5.85. The van der Waals surface area contributed by atoms with Crippen LogP contribution in [-0.4, -0.2) is 81.6 Å². The van der Waals surface area contributed by atoms with Crippen molar-refractivity contribution in [3.63, 3.8) is 0 Å². The molecular weight excluding hydrogens is 508 g/mol. The van der Waals surface area contributed by atoms with Gasteiger partial charge in [-0.25, -0.2) is 0 Å². The lowest BCUT2D eigenvalue weighted by molar-refractivity contribution is -0.135. The van der Waals surface area contributed by atoms with Crippen molar-refractivity contribution in [3.8, 4) is 5.75 Å². The number of piperidine rings is 1. The second kappa shape index (κ2) is 15.9. The molecule has 1 aromatic heterocycles. The second-order valence-corrected chi connectivity index (χ2v) is 9.15. The average molecular weight is 547 g/mol. The first-order valence-corrected chi connectivity index (χ1v) is 13.2. The Balaban J connectivity index is 1.40. The van der Waals surface area contributed by atoms with Gasteiger partial charge in [-0.15, -0.1) is 0 Å². The van der Waals surface area contributed by atoms with Crippen molar-refractivity contribution in [2.24, 2.45) is 5.73 Å². The summed E-state index contributed by atoms with van der Waals surface area (Å²) in [4.78, 5) is 49.1. The number of nitrogens with two attached hydrogens (primary N) is 1. The van der Waals surface area contributed by atoms with E-state index in [2.05, 4.69) is 10.6 Å². The van der Waals surface area contributed by atoms with Gasteiger partial charge >= 0.3 is 0 Å². The number of nitrogens with one attached hydrogen (secondary N) is 2. The zero-order valence-corrected chi connectivity index (χ0v) is 22.4. The summed E-state index contributed by atoms with van der Waals surface area (Å²) >= 11 is 0. The Morgan fingerprint density at radius 3 is 2.41 bits per heavy atom. The average Bonchev–Trinajstić information content (AvgIpc) is 2.91. The number of imide groups is 1. The summed E-state index contributed by atoms with van der Waals surface area (Å²) in [6.45, 7) is 5.76. The minimum absolute atomic E-state index is 0.152. The van der Waals surface area contributed by atoms with Crippen LogP contribution in [0.5, 0.6) is 5.75 Å². The van der Waals surface area contributed by atoms with E-state index in [1.54, 1.807) is 18.2 Å². The molecule has 1 unspecified atom stereocenters. The van der Waals surface area contributed by atoms with Gasteiger partial charge in [-0.05, 0) is 50.4 Å². The molecule has 3 amide bonds. The highest BCUT2D eigenvalue weighted by Crippen LogP contribution is 2.27. The molecule has 1 aliphatic heterocycles. The molecule has 1 aromatic carbocycles. The van der Waals surface area contributed by atoms with Gasteiger partial charge in [0.15, 0.2) is 6.61 Å². The van der Waals surface area contributed by atoms with Gasteiger partial charge in [0.05, 0.1) is 31.9 Å². The van der Waals surface area contributed by atoms with Crippen LogP contribution in [0, 0.1) is 6.92 Å². The van der Waals surface area contributed by atoms with Crippen molar-refractivity contribution in [2.75, 3.05) is 59.3 Å². The summed E-state index contributed by atoms with van der Waals surface area (Å²) in [5.74, 6) is -0.770. The highest BCUT2D eigenvalue weighted by atomic mass is 16.5. The third-order valence-electron chi connectivity index (χ3n) is 6.15. The van der Waals surface area contributed by atoms with Crippen LogP contribution >= 0.6 is 0 Å². The molecule has 1 aliphatic rings. The van der Waals surface area contributed by atoms with Gasteiger partial charge in [-0.3, -0.25) is 29.1 Å². The standard InChI is InChI=1S/C27H38N4O8/c1-19-16-26(34)31(22-6-7-24(32)30-27(22)35)23-17-20(4-5-21(19)23)39-18-25(33)29-9-3-11-37-13-15-38-14-12-36-10-2-8-28/h4-5,16-17,22H,2-3,6-15,18,28H2,1H3,(H,29,33)(H,30,32,35). The topological polar surface area (TPSA) is 160 Å². The first-order chi connectivity index (χ1) is 18.9. The predicted molar refractivity (Wildman–Crippen MR) is 144 cm³/mol. The van der Waals surface area contributed by atoms with E-state index in [4.69, 9.17) is 24.7 Å². The zero-order chi connectivity index (χ0) is 28.0. The van der Waals surface area contributed by atoms with E-state index < -0.39 is 11.9 Å². The SMILES string of the molecule is Cc1cc(=O)n(C2CCC(=O)NC2=O)c2cc(OCC(=O)NCCCOCCOCCOCCCN)ccc12. The van der Waals surface area contributed by atoms with Gasteiger partial charge in [-0.2, -0.15) is 0 Å². The van der Waals surface area contributed by atoms with Crippen molar-refractivity contribution in [3.05, 3.63) is 40.2 Å². The molecule has 0 saturated carbocycles. The lowest BCUT2D eigenvalue weighted by Gasteiger charge is -2.25. The van der Waals surface area contributed by atoms with Gasteiger partial charge in [0.25, 0.3) is 11.5 Å². The van der Waals surface area contributed by atoms with Crippen molar-refractivity contribution >= 4 is 28.6 Å². The molecule has 0 aliphatic carbocycles. The predicted octanol–water partition coefficient (Wildman–Crippen LogP) is 0.571. The molecule has 1 atom stereocenters.